The number of ether oxygens (including phenoxy) is 1. The number of piperidine rings is 1. The quantitative estimate of drug-likeness (QED) is 0.479. The lowest BCUT2D eigenvalue weighted by atomic mass is 9.96. The van der Waals surface area contributed by atoms with Gasteiger partial charge < -0.3 is 9.64 Å². The fourth-order valence-electron chi connectivity index (χ4n) is 2.81. The van der Waals surface area contributed by atoms with Gasteiger partial charge in [0.05, 0.1) is 7.11 Å². The van der Waals surface area contributed by atoms with Gasteiger partial charge in [0.25, 0.3) is 0 Å². The Balaban J connectivity index is 2.15. The Kier molecular flexibility index (Phi) is 2.67. The van der Waals surface area contributed by atoms with Crippen LogP contribution < -0.4 is 0 Å². The summed E-state index contributed by atoms with van der Waals surface area (Å²) in [6, 6.07) is 0.552. The van der Waals surface area contributed by atoms with E-state index in [1.54, 1.807) is 0 Å². The number of carbonyl (C=O) groups is 2. The highest BCUT2D eigenvalue weighted by Crippen LogP contribution is 2.35. The molecule has 0 aromatic heterocycles. The van der Waals surface area contributed by atoms with Crippen molar-refractivity contribution in [2.24, 2.45) is 5.92 Å². The lowest BCUT2D eigenvalue weighted by molar-refractivity contribution is -0.151. The maximum atomic E-state index is 12.0. The van der Waals surface area contributed by atoms with Crippen LogP contribution in [0, 0.1) is 5.92 Å². The van der Waals surface area contributed by atoms with E-state index < -0.39 is 5.92 Å². The summed E-state index contributed by atoms with van der Waals surface area (Å²) in [6.07, 6.45) is 3.89. The third-order valence-electron chi connectivity index (χ3n) is 3.57. The van der Waals surface area contributed by atoms with E-state index in [4.69, 9.17) is 0 Å². The number of hydrogen-bond donors (Lipinski definition) is 0. The van der Waals surface area contributed by atoms with E-state index in [2.05, 4.69) is 11.7 Å². The fraction of sp³-hybridized carbons (Fsp3) is 0.818. The molecule has 0 radical (unpaired) electrons. The number of fused-ring (bicyclic) bond motifs is 1. The van der Waals surface area contributed by atoms with E-state index in [1.807, 2.05) is 4.90 Å². The van der Waals surface area contributed by atoms with Crippen LogP contribution in [0.15, 0.2) is 0 Å². The number of amides is 1. The molecule has 2 aliphatic rings. The van der Waals surface area contributed by atoms with Crippen LogP contribution >= 0.6 is 0 Å². The molecule has 1 amide bonds. The van der Waals surface area contributed by atoms with Crippen molar-refractivity contribution >= 4 is 11.9 Å². The number of rotatable bonds is 1. The van der Waals surface area contributed by atoms with Crippen LogP contribution in [0.3, 0.4) is 0 Å². The maximum absolute atomic E-state index is 12.0. The first kappa shape index (κ1) is 10.5. The van der Waals surface area contributed by atoms with E-state index in [0.717, 1.165) is 19.3 Å². The van der Waals surface area contributed by atoms with Crippen molar-refractivity contribution in [2.45, 2.75) is 44.7 Å². The molecule has 15 heavy (non-hydrogen) atoms. The largest absolute Gasteiger partial charge is 0.468 e. The van der Waals surface area contributed by atoms with Gasteiger partial charge in [0, 0.05) is 12.1 Å². The molecule has 0 saturated carbocycles. The molecule has 0 bridgehead atoms. The third-order valence-corrected chi connectivity index (χ3v) is 3.57. The molecule has 0 N–H and O–H groups in total. The van der Waals surface area contributed by atoms with Gasteiger partial charge in [-0.3, -0.25) is 9.59 Å². The lowest BCUT2D eigenvalue weighted by Gasteiger charge is -2.35. The summed E-state index contributed by atoms with van der Waals surface area (Å²) < 4.78 is 4.66. The average Bonchev–Trinajstić information content (AvgIpc) is 2.56. The topological polar surface area (TPSA) is 46.6 Å². The highest BCUT2D eigenvalue weighted by Gasteiger charge is 2.46. The van der Waals surface area contributed by atoms with Gasteiger partial charge in [-0.2, -0.15) is 0 Å². The third kappa shape index (κ3) is 1.62. The van der Waals surface area contributed by atoms with E-state index in [0.29, 0.717) is 6.42 Å². The van der Waals surface area contributed by atoms with Crippen molar-refractivity contribution < 1.29 is 14.3 Å². The first-order valence-electron chi connectivity index (χ1n) is 5.55. The molecule has 0 aliphatic carbocycles. The normalized spacial score (nSPS) is 35.2. The first-order chi connectivity index (χ1) is 7.15. The standard InChI is InChI=1S/C11H17NO3/c1-7-4-3-5-8-6-9(11(14)15-2)10(13)12(7)8/h7-9H,3-6H2,1-2H3/t7-,8?,9?/m0/s1. The van der Waals surface area contributed by atoms with Crippen LogP contribution in [0.25, 0.3) is 0 Å². The van der Waals surface area contributed by atoms with Crippen LogP contribution in [0.5, 0.6) is 0 Å². The molecule has 0 aromatic rings. The molecule has 0 aromatic carbocycles. The average molecular weight is 211 g/mol. The molecule has 2 rings (SSSR count). The minimum atomic E-state index is -0.541. The minimum absolute atomic E-state index is 0.0287. The second-order valence-electron chi connectivity index (χ2n) is 4.49. The summed E-state index contributed by atoms with van der Waals surface area (Å²) >= 11 is 0. The molecule has 4 nitrogen and oxygen atoms in total. The van der Waals surface area contributed by atoms with Crippen molar-refractivity contribution in [1.29, 1.82) is 0 Å². The van der Waals surface area contributed by atoms with E-state index in [9.17, 15) is 9.59 Å². The zero-order chi connectivity index (χ0) is 11.0. The van der Waals surface area contributed by atoms with Crippen molar-refractivity contribution in [1.82, 2.24) is 4.90 Å². The van der Waals surface area contributed by atoms with Crippen LogP contribution in [0.4, 0.5) is 0 Å². The Morgan fingerprint density at radius 1 is 1.47 bits per heavy atom. The van der Waals surface area contributed by atoms with Crippen molar-refractivity contribution in [3.05, 3.63) is 0 Å². The molecule has 2 heterocycles. The van der Waals surface area contributed by atoms with E-state index >= 15 is 0 Å². The SMILES string of the molecule is COC(=O)C1CC2CCC[C@H](C)N2C1=O. The van der Waals surface area contributed by atoms with Gasteiger partial charge in [0.1, 0.15) is 5.92 Å². The summed E-state index contributed by atoms with van der Waals surface area (Å²) in [7, 11) is 1.34. The fourth-order valence-corrected chi connectivity index (χ4v) is 2.81. The zero-order valence-electron chi connectivity index (χ0n) is 9.23. The van der Waals surface area contributed by atoms with Crippen molar-refractivity contribution in [3.63, 3.8) is 0 Å². The summed E-state index contributed by atoms with van der Waals surface area (Å²) in [6.45, 7) is 2.06. The molecule has 0 spiro atoms. The van der Waals surface area contributed by atoms with Gasteiger partial charge in [0.15, 0.2) is 0 Å². The van der Waals surface area contributed by atoms with Crippen molar-refractivity contribution in [2.75, 3.05) is 7.11 Å². The first-order valence-corrected chi connectivity index (χ1v) is 5.55. The predicted molar refractivity (Wildman–Crippen MR) is 54.1 cm³/mol. The second kappa shape index (κ2) is 3.83. The minimum Gasteiger partial charge on any atom is -0.468 e. The van der Waals surface area contributed by atoms with Crippen LogP contribution in [-0.2, 0) is 14.3 Å². The van der Waals surface area contributed by atoms with Gasteiger partial charge >= 0.3 is 5.97 Å². The van der Waals surface area contributed by atoms with E-state index in [1.165, 1.54) is 7.11 Å². The molecule has 3 atom stereocenters. The van der Waals surface area contributed by atoms with Gasteiger partial charge in [-0.1, -0.05) is 0 Å². The predicted octanol–water partition coefficient (Wildman–Crippen LogP) is 0.949. The lowest BCUT2D eigenvalue weighted by Crippen LogP contribution is -2.44. The smallest absolute Gasteiger partial charge is 0.318 e. The number of nitrogens with zero attached hydrogens (tertiary/aromatic N) is 1. The zero-order valence-corrected chi connectivity index (χ0v) is 9.23. The van der Waals surface area contributed by atoms with Crippen LogP contribution in [-0.4, -0.2) is 36.0 Å². The van der Waals surface area contributed by atoms with Crippen LogP contribution in [0.1, 0.15) is 32.6 Å². The highest BCUT2D eigenvalue weighted by atomic mass is 16.5. The molecule has 4 heteroatoms. The molecule has 2 unspecified atom stereocenters. The van der Waals surface area contributed by atoms with E-state index in [-0.39, 0.29) is 24.0 Å². The number of carbonyl (C=O) groups excluding carboxylic acids is 2. The summed E-state index contributed by atoms with van der Waals surface area (Å²) in [5.74, 6) is -0.943. The Morgan fingerprint density at radius 3 is 2.80 bits per heavy atom. The van der Waals surface area contributed by atoms with Crippen LogP contribution in [0.2, 0.25) is 0 Å². The van der Waals surface area contributed by atoms with Gasteiger partial charge in [0.2, 0.25) is 5.91 Å². The Bertz CT molecular complexity index is 290. The van der Waals surface area contributed by atoms with Gasteiger partial charge in [-0.15, -0.1) is 0 Å². The van der Waals surface area contributed by atoms with Gasteiger partial charge in [-0.25, -0.2) is 0 Å². The molecular formula is C11H17NO3. The Labute approximate surface area is 89.6 Å². The highest BCUT2D eigenvalue weighted by molar-refractivity contribution is 5.99. The summed E-state index contributed by atoms with van der Waals surface area (Å²) in [5.41, 5.74) is 0. The Morgan fingerprint density at radius 2 is 2.20 bits per heavy atom. The molecular weight excluding hydrogens is 194 g/mol. The second-order valence-corrected chi connectivity index (χ2v) is 4.49. The number of hydrogen-bond acceptors (Lipinski definition) is 3. The number of esters is 1. The molecule has 2 saturated heterocycles. The maximum Gasteiger partial charge on any atom is 0.318 e. The summed E-state index contributed by atoms with van der Waals surface area (Å²) in [4.78, 5) is 25.3. The number of methoxy groups -OCH3 is 1. The molecule has 2 aliphatic heterocycles. The monoisotopic (exact) mass is 211 g/mol. The molecule has 2 fully saturated rings. The van der Waals surface area contributed by atoms with Crippen molar-refractivity contribution in [3.8, 4) is 0 Å². The summed E-state index contributed by atoms with van der Waals surface area (Å²) in [5, 5.41) is 0. The van der Waals surface area contributed by atoms with Gasteiger partial charge in [-0.05, 0) is 32.6 Å². The molecule has 84 valence electrons. The Hall–Kier alpha value is -1.06.